The minimum absolute atomic E-state index is 0.116. The first kappa shape index (κ1) is 15.4. The van der Waals surface area contributed by atoms with Crippen molar-refractivity contribution in [3.05, 3.63) is 58.7 Å². The molecule has 0 aromatic heterocycles. The fourth-order valence-electron chi connectivity index (χ4n) is 2.63. The molecular weight excluding hydrogens is 264 g/mol. The lowest BCUT2D eigenvalue weighted by Crippen LogP contribution is -2.30. The molecule has 2 aromatic carbocycles. The van der Waals surface area contributed by atoms with E-state index in [0.717, 1.165) is 17.1 Å². The van der Waals surface area contributed by atoms with E-state index in [1.807, 2.05) is 24.3 Å². The van der Waals surface area contributed by atoms with Crippen LogP contribution in [0.25, 0.3) is 0 Å². The molecule has 0 spiro atoms. The van der Waals surface area contributed by atoms with Crippen molar-refractivity contribution in [1.29, 1.82) is 0 Å². The number of rotatable bonds is 5. The maximum Gasteiger partial charge on any atom is 0.122 e. The number of nitrogens with one attached hydrogen (secondary N) is 1. The molecule has 1 atom stereocenters. The summed E-state index contributed by atoms with van der Waals surface area (Å²) >= 11 is 0. The minimum atomic E-state index is -0.116. The largest absolute Gasteiger partial charge is 0.497 e. The molecule has 0 saturated carbocycles. The first-order valence-electron chi connectivity index (χ1n) is 6.86. The van der Waals surface area contributed by atoms with E-state index < -0.39 is 0 Å². The summed E-state index contributed by atoms with van der Waals surface area (Å²) in [4.78, 5) is 0. The van der Waals surface area contributed by atoms with E-state index in [1.54, 1.807) is 14.2 Å². The topological polar surface area (TPSA) is 56.5 Å². The van der Waals surface area contributed by atoms with E-state index in [1.165, 1.54) is 16.7 Å². The average Bonchev–Trinajstić information content (AvgIpc) is 2.50. The van der Waals surface area contributed by atoms with E-state index in [2.05, 4.69) is 31.4 Å². The van der Waals surface area contributed by atoms with Crippen LogP contribution in [-0.2, 0) is 0 Å². The third kappa shape index (κ3) is 3.17. The van der Waals surface area contributed by atoms with Gasteiger partial charge in [-0.15, -0.1) is 0 Å². The van der Waals surface area contributed by atoms with E-state index in [0.29, 0.717) is 0 Å². The Morgan fingerprint density at radius 3 is 1.90 bits per heavy atom. The molecule has 4 heteroatoms. The van der Waals surface area contributed by atoms with Gasteiger partial charge in [0.05, 0.1) is 20.3 Å². The van der Waals surface area contributed by atoms with E-state index in [9.17, 15) is 0 Å². The third-order valence-electron chi connectivity index (χ3n) is 3.70. The molecule has 0 aliphatic heterocycles. The van der Waals surface area contributed by atoms with E-state index in [4.69, 9.17) is 15.3 Å². The highest BCUT2D eigenvalue weighted by Gasteiger charge is 2.18. The van der Waals surface area contributed by atoms with Crippen LogP contribution < -0.4 is 20.7 Å². The molecule has 4 nitrogen and oxygen atoms in total. The zero-order valence-electron chi connectivity index (χ0n) is 12.9. The lowest BCUT2D eigenvalue weighted by Gasteiger charge is -2.22. The molecule has 112 valence electrons. The van der Waals surface area contributed by atoms with Crippen molar-refractivity contribution >= 4 is 0 Å². The first-order chi connectivity index (χ1) is 10.1. The predicted octanol–water partition coefficient (Wildman–Crippen LogP) is 2.87. The normalized spacial score (nSPS) is 12.0. The third-order valence-corrected chi connectivity index (χ3v) is 3.70. The van der Waals surface area contributed by atoms with Gasteiger partial charge in [-0.2, -0.15) is 0 Å². The average molecular weight is 286 g/mol. The molecule has 0 aliphatic rings. The number of nitrogens with two attached hydrogens (primary N) is 1. The molecule has 0 saturated heterocycles. The number of benzene rings is 2. The highest BCUT2D eigenvalue weighted by Crippen LogP contribution is 2.32. The summed E-state index contributed by atoms with van der Waals surface area (Å²) in [6, 6.07) is 11.9. The number of aryl methyl sites for hydroxylation is 2. The van der Waals surface area contributed by atoms with Gasteiger partial charge in [-0.25, -0.2) is 5.43 Å². The van der Waals surface area contributed by atoms with Crippen molar-refractivity contribution in [2.75, 3.05) is 14.2 Å². The van der Waals surface area contributed by atoms with Crippen molar-refractivity contribution in [1.82, 2.24) is 5.43 Å². The molecule has 3 N–H and O–H groups in total. The molecule has 0 fully saturated rings. The lowest BCUT2D eigenvalue weighted by molar-refractivity contribution is 0.392. The van der Waals surface area contributed by atoms with Gasteiger partial charge in [0.15, 0.2) is 0 Å². The standard InChI is InChI=1S/C17H22N2O2/c1-11-6-5-7-12(2)16(11)17(19-18)13-8-14(20-3)10-15(9-13)21-4/h5-10,17,19H,18H2,1-4H3. The van der Waals surface area contributed by atoms with Crippen LogP contribution in [0.2, 0.25) is 0 Å². The van der Waals surface area contributed by atoms with E-state index >= 15 is 0 Å². The van der Waals surface area contributed by atoms with Crippen LogP contribution in [-0.4, -0.2) is 14.2 Å². The van der Waals surface area contributed by atoms with Crippen LogP contribution in [0.3, 0.4) is 0 Å². The minimum Gasteiger partial charge on any atom is -0.497 e. The molecule has 2 rings (SSSR count). The van der Waals surface area contributed by atoms with Gasteiger partial charge in [-0.1, -0.05) is 18.2 Å². The van der Waals surface area contributed by atoms with Gasteiger partial charge >= 0.3 is 0 Å². The number of methoxy groups -OCH3 is 2. The first-order valence-corrected chi connectivity index (χ1v) is 6.86. The quantitative estimate of drug-likeness (QED) is 0.655. The van der Waals surface area contributed by atoms with Crippen molar-refractivity contribution in [2.45, 2.75) is 19.9 Å². The zero-order valence-corrected chi connectivity index (χ0v) is 12.9. The van der Waals surface area contributed by atoms with Crippen LogP contribution in [0.5, 0.6) is 11.5 Å². The number of ether oxygens (including phenoxy) is 2. The van der Waals surface area contributed by atoms with Crippen LogP contribution in [0.1, 0.15) is 28.3 Å². The Kier molecular flexibility index (Phi) is 4.83. The van der Waals surface area contributed by atoms with Gasteiger partial charge in [0.2, 0.25) is 0 Å². The maximum atomic E-state index is 5.83. The molecule has 1 unspecified atom stereocenters. The van der Waals surface area contributed by atoms with E-state index in [-0.39, 0.29) is 6.04 Å². The number of hydrogen-bond acceptors (Lipinski definition) is 4. The fraction of sp³-hybridized carbons (Fsp3) is 0.294. The predicted molar refractivity (Wildman–Crippen MR) is 84.6 cm³/mol. The molecule has 21 heavy (non-hydrogen) atoms. The fourth-order valence-corrected chi connectivity index (χ4v) is 2.63. The van der Waals surface area contributed by atoms with Crippen molar-refractivity contribution in [3.8, 4) is 11.5 Å². The monoisotopic (exact) mass is 286 g/mol. The summed E-state index contributed by atoms with van der Waals surface area (Å²) in [5.74, 6) is 7.32. The summed E-state index contributed by atoms with van der Waals surface area (Å²) in [6.07, 6.45) is 0. The molecule has 2 aromatic rings. The van der Waals surface area contributed by atoms with Gasteiger partial charge in [0.1, 0.15) is 11.5 Å². The van der Waals surface area contributed by atoms with Gasteiger partial charge in [-0.3, -0.25) is 5.84 Å². The Balaban J connectivity index is 2.56. The second-order valence-corrected chi connectivity index (χ2v) is 5.05. The summed E-state index contributed by atoms with van der Waals surface area (Å²) < 4.78 is 10.7. The highest BCUT2D eigenvalue weighted by atomic mass is 16.5. The van der Waals surface area contributed by atoms with Crippen LogP contribution in [0.4, 0.5) is 0 Å². The Hall–Kier alpha value is -2.04. The van der Waals surface area contributed by atoms with Crippen LogP contribution in [0, 0.1) is 13.8 Å². The van der Waals surface area contributed by atoms with Crippen molar-refractivity contribution in [3.63, 3.8) is 0 Å². The van der Waals surface area contributed by atoms with Gasteiger partial charge in [0, 0.05) is 6.07 Å². The summed E-state index contributed by atoms with van der Waals surface area (Å²) in [5.41, 5.74) is 7.48. The smallest absolute Gasteiger partial charge is 0.122 e. The summed E-state index contributed by atoms with van der Waals surface area (Å²) in [7, 11) is 3.28. The zero-order chi connectivity index (χ0) is 15.4. The maximum absolute atomic E-state index is 5.83. The Labute approximate surface area is 125 Å². The molecule has 0 heterocycles. The molecular formula is C17H22N2O2. The van der Waals surface area contributed by atoms with Gasteiger partial charge < -0.3 is 9.47 Å². The Morgan fingerprint density at radius 1 is 0.952 bits per heavy atom. The van der Waals surface area contributed by atoms with Gasteiger partial charge in [-0.05, 0) is 48.2 Å². The van der Waals surface area contributed by atoms with Crippen LogP contribution >= 0.6 is 0 Å². The Bertz CT molecular complexity index is 584. The second kappa shape index (κ2) is 6.61. The molecule has 0 aliphatic carbocycles. The van der Waals surface area contributed by atoms with Crippen molar-refractivity contribution in [2.24, 2.45) is 5.84 Å². The number of hydrogen-bond donors (Lipinski definition) is 2. The summed E-state index contributed by atoms with van der Waals surface area (Å²) in [6.45, 7) is 4.17. The second-order valence-electron chi connectivity index (χ2n) is 5.05. The highest BCUT2D eigenvalue weighted by molar-refractivity contribution is 5.46. The van der Waals surface area contributed by atoms with Crippen molar-refractivity contribution < 1.29 is 9.47 Å². The molecule has 0 radical (unpaired) electrons. The van der Waals surface area contributed by atoms with Crippen LogP contribution in [0.15, 0.2) is 36.4 Å². The number of hydrazine groups is 1. The molecule has 0 bridgehead atoms. The van der Waals surface area contributed by atoms with Gasteiger partial charge in [0.25, 0.3) is 0 Å². The summed E-state index contributed by atoms with van der Waals surface area (Å²) in [5, 5.41) is 0. The Morgan fingerprint density at radius 2 is 1.48 bits per heavy atom. The lowest BCUT2D eigenvalue weighted by atomic mass is 9.91. The molecule has 0 amide bonds. The SMILES string of the molecule is COc1cc(OC)cc(C(NN)c2c(C)cccc2C)c1.